The lowest BCUT2D eigenvalue weighted by atomic mass is 10.2. The average molecular weight is 313 g/mol. The van der Waals surface area contributed by atoms with E-state index in [-0.39, 0.29) is 5.82 Å². The molecular formula is C13H14BrFN2O. The maximum atomic E-state index is 13.4. The second kappa shape index (κ2) is 6.11. The van der Waals surface area contributed by atoms with Crippen LogP contribution in [0.3, 0.4) is 0 Å². The molecule has 1 aromatic heterocycles. The first-order chi connectivity index (χ1) is 8.72. The molecule has 18 heavy (non-hydrogen) atoms. The minimum absolute atomic E-state index is 0.311. The number of nitrogens with zero attached hydrogens (tertiary/aromatic N) is 1. The molecule has 0 aliphatic carbocycles. The van der Waals surface area contributed by atoms with Crippen molar-refractivity contribution >= 4 is 15.9 Å². The quantitative estimate of drug-likeness (QED) is 0.855. The Morgan fingerprint density at radius 1 is 1.44 bits per heavy atom. The summed E-state index contributed by atoms with van der Waals surface area (Å²) in [6, 6.07) is 4.83. The molecule has 5 heteroatoms. The molecule has 0 saturated carbocycles. The molecular weight excluding hydrogens is 299 g/mol. The molecule has 3 nitrogen and oxygen atoms in total. The van der Waals surface area contributed by atoms with Crippen molar-refractivity contribution in [2.24, 2.45) is 0 Å². The summed E-state index contributed by atoms with van der Waals surface area (Å²) in [6.07, 6.45) is 2.67. The monoisotopic (exact) mass is 312 g/mol. The van der Waals surface area contributed by atoms with Gasteiger partial charge in [-0.25, -0.2) is 9.37 Å². The van der Waals surface area contributed by atoms with Gasteiger partial charge in [0.1, 0.15) is 5.82 Å². The van der Waals surface area contributed by atoms with Gasteiger partial charge in [-0.1, -0.05) is 13.0 Å². The Morgan fingerprint density at radius 3 is 3.06 bits per heavy atom. The fourth-order valence-electron chi connectivity index (χ4n) is 1.58. The minimum Gasteiger partial charge on any atom is -0.439 e. The van der Waals surface area contributed by atoms with Crippen molar-refractivity contribution in [2.45, 2.75) is 19.9 Å². The van der Waals surface area contributed by atoms with Crippen LogP contribution in [0.25, 0.3) is 11.3 Å². The van der Waals surface area contributed by atoms with E-state index in [0.29, 0.717) is 28.2 Å². The van der Waals surface area contributed by atoms with Crippen LogP contribution in [0.1, 0.15) is 19.2 Å². The Balaban J connectivity index is 2.16. The molecule has 0 unspecified atom stereocenters. The van der Waals surface area contributed by atoms with Crippen molar-refractivity contribution in [1.82, 2.24) is 10.3 Å². The predicted octanol–water partition coefficient (Wildman–Crippen LogP) is 3.74. The van der Waals surface area contributed by atoms with Crippen molar-refractivity contribution in [1.29, 1.82) is 0 Å². The molecule has 0 radical (unpaired) electrons. The van der Waals surface area contributed by atoms with Crippen LogP contribution in [0.5, 0.6) is 0 Å². The normalized spacial score (nSPS) is 10.8. The Bertz CT molecular complexity index is 527. The van der Waals surface area contributed by atoms with Crippen LogP contribution in [-0.4, -0.2) is 11.5 Å². The van der Waals surface area contributed by atoms with Crippen molar-refractivity contribution in [3.63, 3.8) is 0 Å². The zero-order valence-corrected chi connectivity index (χ0v) is 11.6. The van der Waals surface area contributed by atoms with Gasteiger partial charge in [-0.2, -0.15) is 0 Å². The number of hydrogen-bond acceptors (Lipinski definition) is 3. The number of aromatic nitrogens is 1. The number of halogens is 2. The van der Waals surface area contributed by atoms with Crippen LogP contribution in [0.2, 0.25) is 0 Å². The molecule has 0 fully saturated rings. The lowest BCUT2D eigenvalue weighted by Gasteiger charge is -2.01. The molecule has 1 N–H and O–H groups in total. The summed E-state index contributed by atoms with van der Waals surface area (Å²) in [6.45, 7) is 3.60. The van der Waals surface area contributed by atoms with E-state index in [2.05, 4.69) is 33.2 Å². The topological polar surface area (TPSA) is 38.1 Å². The molecule has 96 valence electrons. The Labute approximate surface area is 114 Å². The van der Waals surface area contributed by atoms with Crippen molar-refractivity contribution in [2.75, 3.05) is 6.54 Å². The van der Waals surface area contributed by atoms with Gasteiger partial charge in [-0.05, 0) is 41.0 Å². The zero-order chi connectivity index (χ0) is 13.0. The van der Waals surface area contributed by atoms with E-state index >= 15 is 0 Å². The molecule has 0 aliphatic heterocycles. The molecule has 1 aromatic carbocycles. The van der Waals surface area contributed by atoms with E-state index in [1.807, 2.05) is 0 Å². The van der Waals surface area contributed by atoms with Crippen molar-refractivity contribution in [3.05, 3.63) is 40.6 Å². The SMILES string of the molecule is CCCNCc1ncc(-c2cccc(F)c2Br)o1. The van der Waals surface area contributed by atoms with Gasteiger partial charge < -0.3 is 9.73 Å². The number of hydrogen-bond donors (Lipinski definition) is 1. The van der Waals surface area contributed by atoms with Gasteiger partial charge in [0.05, 0.1) is 17.2 Å². The molecule has 0 saturated heterocycles. The molecule has 0 aliphatic rings. The summed E-state index contributed by atoms with van der Waals surface area (Å²) < 4.78 is 19.4. The largest absolute Gasteiger partial charge is 0.439 e. The molecule has 0 amide bonds. The number of nitrogens with one attached hydrogen (secondary N) is 1. The van der Waals surface area contributed by atoms with Gasteiger partial charge in [0, 0.05) is 5.56 Å². The first-order valence-corrected chi connectivity index (χ1v) is 6.61. The molecule has 0 bridgehead atoms. The average Bonchev–Trinajstić information content (AvgIpc) is 2.82. The Morgan fingerprint density at radius 2 is 2.28 bits per heavy atom. The second-order valence-corrected chi connectivity index (χ2v) is 4.69. The van der Waals surface area contributed by atoms with Crippen LogP contribution in [-0.2, 0) is 6.54 Å². The van der Waals surface area contributed by atoms with Gasteiger partial charge in [0.25, 0.3) is 0 Å². The lowest BCUT2D eigenvalue weighted by molar-refractivity contribution is 0.477. The summed E-state index contributed by atoms with van der Waals surface area (Å²) in [5.74, 6) is 0.860. The molecule has 0 atom stereocenters. The first kappa shape index (κ1) is 13.2. The fourth-order valence-corrected chi connectivity index (χ4v) is 2.04. The molecule has 1 heterocycles. The van der Waals surface area contributed by atoms with E-state index in [1.165, 1.54) is 6.07 Å². The highest BCUT2D eigenvalue weighted by atomic mass is 79.9. The number of benzene rings is 1. The van der Waals surface area contributed by atoms with Gasteiger partial charge in [0.2, 0.25) is 5.89 Å². The van der Waals surface area contributed by atoms with Crippen LogP contribution >= 0.6 is 15.9 Å². The summed E-state index contributed by atoms with van der Waals surface area (Å²) in [5, 5.41) is 3.20. The van der Waals surface area contributed by atoms with Crippen LogP contribution in [0.15, 0.2) is 33.3 Å². The van der Waals surface area contributed by atoms with Crippen LogP contribution < -0.4 is 5.32 Å². The third-order valence-electron chi connectivity index (χ3n) is 2.47. The lowest BCUT2D eigenvalue weighted by Crippen LogP contribution is -2.13. The smallest absolute Gasteiger partial charge is 0.208 e. The first-order valence-electron chi connectivity index (χ1n) is 5.82. The maximum Gasteiger partial charge on any atom is 0.208 e. The maximum absolute atomic E-state index is 13.4. The highest BCUT2D eigenvalue weighted by Gasteiger charge is 2.11. The third kappa shape index (κ3) is 2.97. The molecule has 2 rings (SSSR count). The van der Waals surface area contributed by atoms with Crippen LogP contribution in [0.4, 0.5) is 4.39 Å². The molecule has 2 aromatic rings. The highest BCUT2D eigenvalue weighted by molar-refractivity contribution is 9.10. The Hall–Kier alpha value is -1.20. The number of oxazole rings is 1. The molecule has 0 spiro atoms. The van der Waals surface area contributed by atoms with E-state index in [4.69, 9.17) is 4.42 Å². The highest BCUT2D eigenvalue weighted by Crippen LogP contribution is 2.30. The summed E-state index contributed by atoms with van der Waals surface area (Å²) in [5.41, 5.74) is 0.671. The standard InChI is InChI=1S/C13H14BrFN2O/c1-2-6-16-8-12-17-7-11(18-12)9-4-3-5-10(15)13(9)14/h3-5,7,16H,2,6,8H2,1H3. The fraction of sp³-hybridized carbons (Fsp3) is 0.308. The van der Waals surface area contributed by atoms with Gasteiger partial charge >= 0.3 is 0 Å². The zero-order valence-electron chi connectivity index (χ0n) is 10.0. The third-order valence-corrected chi connectivity index (χ3v) is 3.28. The second-order valence-electron chi connectivity index (χ2n) is 3.90. The van der Waals surface area contributed by atoms with Gasteiger partial charge in [0.15, 0.2) is 5.76 Å². The predicted molar refractivity (Wildman–Crippen MR) is 71.6 cm³/mol. The van der Waals surface area contributed by atoms with E-state index in [0.717, 1.165) is 13.0 Å². The van der Waals surface area contributed by atoms with Crippen molar-refractivity contribution < 1.29 is 8.81 Å². The van der Waals surface area contributed by atoms with Gasteiger partial charge in [-0.15, -0.1) is 0 Å². The van der Waals surface area contributed by atoms with Crippen molar-refractivity contribution in [3.8, 4) is 11.3 Å². The summed E-state index contributed by atoms with van der Waals surface area (Å²) in [4.78, 5) is 4.16. The Kier molecular flexibility index (Phi) is 4.49. The minimum atomic E-state index is -0.311. The summed E-state index contributed by atoms with van der Waals surface area (Å²) >= 11 is 3.21. The van der Waals surface area contributed by atoms with E-state index < -0.39 is 0 Å². The number of rotatable bonds is 5. The van der Waals surface area contributed by atoms with E-state index in [1.54, 1.807) is 18.3 Å². The van der Waals surface area contributed by atoms with Gasteiger partial charge in [-0.3, -0.25) is 0 Å². The summed E-state index contributed by atoms with van der Waals surface area (Å²) in [7, 11) is 0. The van der Waals surface area contributed by atoms with E-state index in [9.17, 15) is 4.39 Å². The van der Waals surface area contributed by atoms with Crippen LogP contribution in [0, 0.1) is 5.82 Å².